The van der Waals surface area contributed by atoms with E-state index in [1.165, 1.54) is 11.8 Å². The smallest absolute Gasteiger partial charge is 0.321 e. The summed E-state index contributed by atoms with van der Waals surface area (Å²) in [6.45, 7) is 8.58. The Hall–Kier alpha value is -1.57. The van der Waals surface area contributed by atoms with Gasteiger partial charge in [0.05, 0.1) is 5.25 Å². The third kappa shape index (κ3) is 4.23. The van der Waals surface area contributed by atoms with Crippen LogP contribution >= 0.6 is 11.8 Å². The summed E-state index contributed by atoms with van der Waals surface area (Å²) in [4.78, 5) is 23.0. The fraction of sp³-hybridized carbons (Fsp3) is 0.636. The zero-order chi connectivity index (χ0) is 14.4. The summed E-state index contributed by atoms with van der Waals surface area (Å²) in [7, 11) is 0. The Labute approximate surface area is 116 Å². The van der Waals surface area contributed by atoms with Crippen molar-refractivity contribution in [2.24, 2.45) is 0 Å². The molecule has 0 spiro atoms. The maximum atomic E-state index is 11.8. The van der Waals surface area contributed by atoms with Crippen LogP contribution in [0.25, 0.3) is 0 Å². The summed E-state index contributed by atoms with van der Waals surface area (Å²) in [6.07, 6.45) is 0. The molecule has 1 aromatic rings. The van der Waals surface area contributed by atoms with Crippen LogP contribution in [-0.4, -0.2) is 38.5 Å². The van der Waals surface area contributed by atoms with Gasteiger partial charge in [0.2, 0.25) is 5.91 Å². The minimum absolute atomic E-state index is 0.348. The standard InChI is InChI=1S/C11H19N5O2S/c1-5-12-10(18)13-9(17)7(3)19-11-15-14-8(4)16(11)6-2/h7H,5-6H2,1-4H3,(H2,12,13,17,18)/t7-/m0/s1. The molecule has 19 heavy (non-hydrogen) atoms. The molecule has 0 aliphatic carbocycles. The number of imide groups is 1. The van der Waals surface area contributed by atoms with Crippen molar-refractivity contribution in [2.45, 2.75) is 44.6 Å². The molecular formula is C11H19N5O2S. The first-order chi connectivity index (χ1) is 8.99. The van der Waals surface area contributed by atoms with E-state index in [0.29, 0.717) is 11.7 Å². The Morgan fingerprint density at radius 2 is 2.05 bits per heavy atom. The van der Waals surface area contributed by atoms with Gasteiger partial charge in [-0.3, -0.25) is 10.1 Å². The number of aryl methyl sites for hydroxylation is 1. The Bertz CT molecular complexity index is 460. The number of urea groups is 1. The molecule has 1 rings (SSSR count). The highest BCUT2D eigenvalue weighted by molar-refractivity contribution is 8.00. The molecule has 0 saturated heterocycles. The summed E-state index contributed by atoms with van der Waals surface area (Å²) in [5.41, 5.74) is 0. The molecule has 1 atom stereocenters. The first kappa shape index (κ1) is 15.5. The van der Waals surface area contributed by atoms with Crippen molar-refractivity contribution < 1.29 is 9.59 Å². The van der Waals surface area contributed by atoms with Gasteiger partial charge in [-0.15, -0.1) is 10.2 Å². The second-order valence-electron chi connectivity index (χ2n) is 3.88. The maximum absolute atomic E-state index is 11.8. The van der Waals surface area contributed by atoms with Gasteiger partial charge in [0.1, 0.15) is 5.82 Å². The predicted octanol–water partition coefficient (Wildman–Crippen LogP) is 0.933. The molecule has 2 N–H and O–H groups in total. The van der Waals surface area contributed by atoms with E-state index in [4.69, 9.17) is 0 Å². The molecule has 3 amide bonds. The van der Waals surface area contributed by atoms with Gasteiger partial charge in [-0.2, -0.15) is 0 Å². The second-order valence-corrected chi connectivity index (χ2v) is 5.19. The third-order valence-corrected chi connectivity index (χ3v) is 3.52. The molecule has 1 heterocycles. The van der Waals surface area contributed by atoms with Crippen LogP contribution in [0.15, 0.2) is 5.16 Å². The number of nitrogens with zero attached hydrogens (tertiary/aromatic N) is 3. The van der Waals surface area contributed by atoms with E-state index < -0.39 is 11.3 Å². The SMILES string of the molecule is CCNC(=O)NC(=O)[C@H](C)Sc1nnc(C)n1CC. The minimum atomic E-state index is -0.479. The fourth-order valence-electron chi connectivity index (χ4n) is 1.44. The molecule has 0 unspecified atom stereocenters. The first-order valence-corrected chi connectivity index (χ1v) is 7.02. The molecule has 1 aromatic heterocycles. The van der Waals surface area contributed by atoms with Crippen LogP contribution in [0.5, 0.6) is 0 Å². The molecule has 0 radical (unpaired) electrons. The van der Waals surface area contributed by atoms with Crippen LogP contribution in [0.2, 0.25) is 0 Å². The van der Waals surface area contributed by atoms with Gasteiger partial charge in [0.15, 0.2) is 5.16 Å². The van der Waals surface area contributed by atoms with E-state index in [1.807, 2.05) is 18.4 Å². The lowest BCUT2D eigenvalue weighted by Gasteiger charge is -2.11. The Morgan fingerprint density at radius 1 is 1.37 bits per heavy atom. The highest BCUT2D eigenvalue weighted by atomic mass is 32.2. The van der Waals surface area contributed by atoms with Crippen molar-refractivity contribution >= 4 is 23.7 Å². The fourth-order valence-corrected chi connectivity index (χ4v) is 2.40. The first-order valence-electron chi connectivity index (χ1n) is 6.14. The van der Waals surface area contributed by atoms with E-state index in [-0.39, 0.29) is 5.91 Å². The summed E-state index contributed by atoms with van der Waals surface area (Å²) >= 11 is 1.28. The number of rotatable bonds is 5. The normalized spacial score (nSPS) is 12.0. The lowest BCUT2D eigenvalue weighted by molar-refractivity contribution is -0.119. The van der Waals surface area contributed by atoms with Crippen LogP contribution in [0, 0.1) is 6.92 Å². The van der Waals surface area contributed by atoms with Crippen LogP contribution in [0.4, 0.5) is 4.79 Å². The molecule has 7 nitrogen and oxygen atoms in total. The van der Waals surface area contributed by atoms with E-state index in [9.17, 15) is 9.59 Å². The van der Waals surface area contributed by atoms with E-state index >= 15 is 0 Å². The number of hydrogen-bond donors (Lipinski definition) is 2. The molecule has 0 bridgehead atoms. The van der Waals surface area contributed by atoms with Gasteiger partial charge in [0.25, 0.3) is 0 Å². The van der Waals surface area contributed by atoms with Gasteiger partial charge in [0, 0.05) is 13.1 Å². The summed E-state index contributed by atoms with van der Waals surface area (Å²) in [5.74, 6) is 0.459. The Balaban J connectivity index is 2.61. The van der Waals surface area contributed by atoms with Crippen molar-refractivity contribution in [3.8, 4) is 0 Å². The van der Waals surface area contributed by atoms with Crippen molar-refractivity contribution in [3.63, 3.8) is 0 Å². The van der Waals surface area contributed by atoms with Gasteiger partial charge in [-0.1, -0.05) is 11.8 Å². The zero-order valence-corrected chi connectivity index (χ0v) is 12.4. The van der Waals surface area contributed by atoms with Crippen molar-refractivity contribution in [2.75, 3.05) is 6.54 Å². The van der Waals surface area contributed by atoms with E-state index in [0.717, 1.165) is 12.4 Å². The van der Waals surface area contributed by atoms with Crippen LogP contribution in [0.3, 0.4) is 0 Å². The minimum Gasteiger partial charge on any atom is -0.338 e. The highest BCUT2D eigenvalue weighted by Crippen LogP contribution is 2.22. The van der Waals surface area contributed by atoms with Crippen LogP contribution in [-0.2, 0) is 11.3 Å². The molecule has 0 aliphatic rings. The number of amides is 3. The van der Waals surface area contributed by atoms with E-state index in [1.54, 1.807) is 13.8 Å². The summed E-state index contributed by atoms with van der Waals surface area (Å²) < 4.78 is 1.92. The molecular weight excluding hydrogens is 266 g/mol. The Morgan fingerprint density at radius 3 is 2.63 bits per heavy atom. The third-order valence-electron chi connectivity index (χ3n) is 2.44. The summed E-state index contributed by atoms with van der Waals surface area (Å²) in [5, 5.41) is 13.0. The van der Waals surface area contributed by atoms with Crippen molar-refractivity contribution in [1.29, 1.82) is 0 Å². The number of aromatic nitrogens is 3. The van der Waals surface area contributed by atoms with Gasteiger partial charge in [-0.25, -0.2) is 4.79 Å². The second kappa shape index (κ2) is 7.13. The maximum Gasteiger partial charge on any atom is 0.321 e. The Kier molecular flexibility index (Phi) is 5.81. The molecule has 8 heteroatoms. The highest BCUT2D eigenvalue weighted by Gasteiger charge is 2.20. The van der Waals surface area contributed by atoms with Gasteiger partial charge in [-0.05, 0) is 27.7 Å². The average Bonchev–Trinajstić information content (AvgIpc) is 2.69. The molecule has 0 fully saturated rings. The zero-order valence-electron chi connectivity index (χ0n) is 11.6. The lowest BCUT2D eigenvalue weighted by atomic mass is 10.4. The predicted molar refractivity (Wildman–Crippen MR) is 73.0 cm³/mol. The molecule has 106 valence electrons. The van der Waals surface area contributed by atoms with Crippen molar-refractivity contribution in [1.82, 2.24) is 25.4 Å². The monoisotopic (exact) mass is 285 g/mol. The molecule has 0 aliphatic heterocycles. The van der Waals surface area contributed by atoms with Gasteiger partial charge >= 0.3 is 6.03 Å². The number of carbonyl (C=O) groups is 2. The molecule has 0 saturated carbocycles. The number of carbonyl (C=O) groups excluding carboxylic acids is 2. The number of hydrogen-bond acceptors (Lipinski definition) is 5. The molecule has 0 aromatic carbocycles. The van der Waals surface area contributed by atoms with Crippen LogP contribution < -0.4 is 10.6 Å². The lowest BCUT2D eigenvalue weighted by Crippen LogP contribution is -2.42. The van der Waals surface area contributed by atoms with Gasteiger partial charge < -0.3 is 9.88 Å². The number of nitrogens with one attached hydrogen (secondary N) is 2. The topological polar surface area (TPSA) is 88.9 Å². The van der Waals surface area contributed by atoms with Crippen molar-refractivity contribution in [3.05, 3.63) is 5.82 Å². The quantitative estimate of drug-likeness (QED) is 0.786. The largest absolute Gasteiger partial charge is 0.338 e. The number of thioether (sulfide) groups is 1. The van der Waals surface area contributed by atoms with Crippen LogP contribution in [0.1, 0.15) is 26.6 Å². The van der Waals surface area contributed by atoms with E-state index in [2.05, 4.69) is 20.8 Å². The average molecular weight is 285 g/mol. The summed E-state index contributed by atoms with van der Waals surface area (Å²) in [6, 6.07) is -0.479.